The lowest BCUT2D eigenvalue weighted by atomic mass is 9.75. The average Bonchev–Trinajstić information content (AvgIpc) is 2.46. The number of carboxylic acids is 2. The van der Waals surface area contributed by atoms with E-state index >= 15 is 0 Å². The summed E-state index contributed by atoms with van der Waals surface area (Å²) in [7, 11) is 0. The summed E-state index contributed by atoms with van der Waals surface area (Å²) in [4.78, 5) is 46.3. The van der Waals surface area contributed by atoms with Gasteiger partial charge in [0, 0.05) is 0 Å². The van der Waals surface area contributed by atoms with E-state index in [9.17, 15) is 24.3 Å². The molecule has 8 nitrogen and oxygen atoms in total. The van der Waals surface area contributed by atoms with Crippen molar-refractivity contribution in [3.8, 4) is 0 Å². The van der Waals surface area contributed by atoms with Crippen molar-refractivity contribution in [3.05, 3.63) is 0 Å². The molecule has 0 amide bonds. The maximum Gasteiger partial charge on any atom is 0.336 e. The highest BCUT2D eigenvalue weighted by atomic mass is 16.6. The van der Waals surface area contributed by atoms with Gasteiger partial charge in [-0.05, 0) is 19.3 Å². The maximum atomic E-state index is 12.5. The van der Waals surface area contributed by atoms with Gasteiger partial charge in [-0.2, -0.15) is 0 Å². The van der Waals surface area contributed by atoms with Crippen molar-refractivity contribution in [2.45, 2.75) is 77.7 Å². The van der Waals surface area contributed by atoms with Crippen LogP contribution in [0.25, 0.3) is 0 Å². The topological polar surface area (TPSA) is 138 Å². The molecule has 0 spiro atoms. The molecule has 0 fully saturated rings. The van der Waals surface area contributed by atoms with Gasteiger partial charge >= 0.3 is 23.9 Å². The second-order valence-corrected chi connectivity index (χ2v) is 6.38. The number of aliphatic carboxylic acids is 2. The van der Waals surface area contributed by atoms with Crippen molar-refractivity contribution >= 4 is 23.9 Å². The molecule has 0 heterocycles. The zero-order valence-corrected chi connectivity index (χ0v) is 15.0. The van der Waals surface area contributed by atoms with Gasteiger partial charge in [0.1, 0.15) is 0 Å². The molecule has 0 radical (unpaired) electrons. The van der Waals surface area contributed by atoms with Gasteiger partial charge in [-0.15, -0.1) is 0 Å². The standard InChI is InChI=1S/C17H28O8/c1-4-7-16(8-5-2,9-6-3)15(23)25-13(20)11-17(24,14(21)22)10-12(18)19/h24H,4-11H2,1-3H3,(H,18,19)(H,21,22). The zero-order valence-electron chi connectivity index (χ0n) is 15.0. The van der Waals surface area contributed by atoms with Crippen LogP contribution in [0.5, 0.6) is 0 Å². The minimum atomic E-state index is -2.81. The van der Waals surface area contributed by atoms with E-state index in [1.807, 2.05) is 20.8 Å². The Morgan fingerprint density at radius 3 is 1.60 bits per heavy atom. The predicted octanol–water partition coefficient (Wildman–Crippen LogP) is 2.12. The molecule has 8 heteroatoms. The molecule has 0 aliphatic rings. The van der Waals surface area contributed by atoms with Crippen LogP contribution in [-0.4, -0.2) is 44.8 Å². The molecular weight excluding hydrogens is 332 g/mol. The van der Waals surface area contributed by atoms with E-state index in [4.69, 9.17) is 14.9 Å². The van der Waals surface area contributed by atoms with Crippen molar-refractivity contribution in [1.82, 2.24) is 0 Å². The summed E-state index contributed by atoms with van der Waals surface area (Å²) in [6.07, 6.45) is 1.43. The van der Waals surface area contributed by atoms with Crippen LogP contribution in [0.4, 0.5) is 0 Å². The number of carboxylic acid groups (broad SMARTS) is 2. The Labute approximate surface area is 147 Å². The van der Waals surface area contributed by atoms with Gasteiger partial charge in [-0.3, -0.25) is 14.4 Å². The lowest BCUT2D eigenvalue weighted by molar-refractivity contribution is -0.178. The molecule has 144 valence electrons. The molecule has 0 rings (SSSR count). The number of hydrogen-bond acceptors (Lipinski definition) is 6. The number of ether oxygens (including phenoxy) is 1. The molecule has 25 heavy (non-hydrogen) atoms. The Kier molecular flexibility index (Phi) is 9.33. The van der Waals surface area contributed by atoms with Gasteiger partial charge in [0.25, 0.3) is 0 Å². The van der Waals surface area contributed by atoms with Crippen LogP contribution in [0.15, 0.2) is 0 Å². The summed E-state index contributed by atoms with van der Waals surface area (Å²) in [6, 6.07) is 0. The monoisotopic (exact) mass is 360 g/mol. The van der Waals surface area contributed by atoms with Crippen molar-refractivity contribution in [2.75, 3.05) is 0 Å². The minimum absolute atomic E-state index is 0.527. The van der Waals surface area contributed by atoms with Crippen LogP contribution in [-0.2, 0) is 23.9 Å². The van der Waals surface area contributed by atoms with E-state index in [1.54, 1.807) is 0 Å². The van der Waals surface area contributed by atoms with Gasteiger partial charge in [0.05, 0.1) is 18.3 Å². The number of hydrogen-bond donors (Lipinski definition) is 3. The van der Waals surface area contributed by atoms with E-state index in [0.717, 1.165) is 0 Å². The summed E-state index contributed by atoms with van der Waals surface area (Å²) in [6.45, 7) is 5.72. The van der Waals surface area contributed by atoms with Crippen LogP contribution in [0.2, 0.25) is 0 Å². The first-order valence-corrected chi connectivity index (χ1v) is 8.49. The first kappa shape index (κ1) is 23.0. The summed E-state index contributed by atoms with van der Waals surface area (Å²) in [5.74, 6) is -5.43. The van der Waals surface area contributed by atoms with Crippen molar-refractivity contribution in [1.29, 1.82) is 0 Å². The number of carbonyl (C=O) groups excluding carboxylic acids is 2. The second kappa shape index (κ2) is 10.1. The Morgan fingerprint density at radius 1 is 0.840 bits per heavy atom. The largest absolute Gasteiger partial charge is 0.481 e. The van der Waals surface area contributed by atoms with Crippen LogP contribution >= 0.6 is 0 Å². The van der Waals surface area contributed by atoms with Crippen LogP contribution in [0.1, 0.15) is 72.1 Å². The molecule has 0 aromatic carbocycles. The molecule has 0 bridgehead atoms. The third-order valence-electron chi connectivity index (χ3n) is 4.10. The van der Waals surface area contributed by atoms with Crippen molar-refractivity contribution in [3.63, 3.8) is 0 Å². The summed E-state index contributed by atoms with van der Waals surface area (Å²) in [5.41, 5.74) is -3.64. The molecule has 0 aliphatic carbocycles. The third-order valence-corrected chi connectivity index (χ3v) is 4.10. The third kappa shape index (κ3) is 6.81. The lowest BCUT2D eigenvalue weighted by Gasteiger charge is -2.30. The fourth-order valence-electron chi connectivity index (χ4n) is 3.07. The van der Waals surface area contributed by atoms with Gasteiger partial charge in [0.2, 0.25) is 0 Å². The molecule has 0 aromatic rings. The maximum absolute atomic E-state index is 12.5. The molecular formula is C17H28O8. The number of rotatable bonds is 12. The quantitative estimate of drug-likeness (QED) is 0.355. The van der Waals surface area contributed by atoms with Crippen molar-refractivity contribution < 1.29 is 39.2 Å². The van der Waals surface area contributed by atoms with Crippen LogP contribution in [0.3, 0.4) is 0 Å². The Hall–Kier alpha value is -1.96. The average molecular weight is 360 g/mol. The highest BCUT2D eigenvalue weighted by Gasteiger charge is 2.44. The molecule has 0 aliphatic heterocycles. The Morgan fingerprint density at radius 2 is 1.28 bits per heavy atom. The van der Waals surface area contributed by atoms with E-state index in [1.165, 1.54) is 0 Å². The number of carbonyl (C=O) groups is 4. The highest BCUT2D eigenvalue weighted by molar-refractivity contribution is 5.93. The molecule has 3 N–H and O–H groups in total. The first-order valence-electron chi connectivity index (χ1n) is 8.49. The predicted molar refractivity (Wildman–Crippen MR) is 87.7 cm³/mol. The van der Waals surface area contributed by atoms with E-state index in [2.05, 4.69) is 0 Å². The SMILES string of the molecule is CCCC(CCC)(CCC)C(=O)OC(=O)CC(O)(CC(=O)O)C(=O)O. The molecule has 1 unspecified atom stereocenters. The van der Waals surface area contributed by atoms with Crippen LogP contribution in [0, 0.1) is 5.41 Å². The number of aliphatic hydroxyl groups is 1. The van der Waals surface area contributed by atoms with E-state index < -0.39 is 47.7 Å². The summed E-state index contributed by atoms with van der Waals surface area (Å²) >= 11 is 0. The Balaban J connectivity index is 5.24. The van der Waals surface area contributed by atoms with Crippen molar-refractivity contribution in [2.24, 2.45) is 5.41 Å². The lowest BCUT2D eigenvalue weighted by Crippen LogP contribution is -2.44. The smallest absolute Gasteiger partial charge is 0.336 e. The first-order chi connectivity index (χ1) is 11.6. The highest BCUT2D eigenvalue weighted by Crippen LogP contribution is 2.36. The Bertz CT molecular complexity index is 482. The van der Waals surface area contributed by atoms with Crippen LogP contribution < -0.4 is 0 Å². The second-order valence-electron chi connectivity index (χ2n) is 6.38. The normalized spacial score (nSPS) is 13.8. The van der Waals surface area contributed by atoms with E-state index in [-0.39, 0.29) is 0 Å². The molecule has 0 saturated carbocycles. The minimum Gasteiger partial charge on any atom is -0.481 e. The molecule has 0 saturated heterocycles. The summed E-state index contributed by atoms with van der Waals surface area (Å²) < 4.78 is 4.81. The van der Waals surface area contributed by atoms with Gasteiger partial charge in [-0.25, -0.2) is 4.79 Å². The van der Waals surface area contributed by atoms with E-state index in [0.29, 0.717) is 38.5 Å². The zero-order chi connectivity index (χ0) is 19.7. The molecule has 1 atom stereocenters. The fraction of sp³-hybridized carbons (Fsp3) is 0.765. The van der Waals surface area contributed by atoms with Gasteiger partial charge in [-0.1, -0.05) is 40.0 Å². The number of esters is 2. The molecule has 0 aromatic heterocycles. The van der Waals surface area contributed by atoms with Gasteiger partial charge in [0.15, 0.2) is 5.60 Å². The fourth-order valence-corrected chi connectivity index (χ4v) is 3.07. The summed E-state index contributed by atoms with van der Waals surface area (Å²) in [5, 5.41) is 27.5. The van der Waals surface area contributed by atoms with Gasteiger partial charge < -0.3 is 20.1 Å².